The third-order valence-electron chi connectivity index (χ3n) is 9.11. The number of fused-ring (bicyclic) bond motifs is 5. The van der Waals surface area contributed by atoms with Crippen LogP contribution in [0.25, 0.3) is 78.0 Å². The molecule has 0 saturated carbocycles. The summed E-state index contributed by atoms with van der Waals surface area (Å²) in [5.41, 5.74) is 9.98. The van der Waals surface area contributed by atoms with E-state index in [0.717, 1.165) is 51.5 Å². The van der Waals surface area contributed by atoms with Crippen molar-refractivity contribution in [2.45, 2.75) is 25.7 Å². The van der Waals surface area contributed by atoms with Gasteiger partial charge < -0.3 is 4.42 Å². The number of rotatable bonds is 4. The monoisotopic (exact) mass is 579 g/mol. The summed E-state index contributed by atoms with van der Waals surface area (Å²) in [5, 5.41) is 4.59. The van der Waals surface area contributed by atoms with Crippen LogP contribution in [-0.2, 0) is 12.8 Å². The van der Waals surface area contributed by atoms with E-state index >= 15 is 0 Å². The first-order valence-electron chi connectivity index (χ1n) is 15.7. The molecule has 2 aromatic heterocycles. The Balaban J connectivity index is 1.31. The van der Waals surface area contributed by atoms with Crippen molar-refractivity contribution >= 4 is 32.7 Å². The van der Waals surface area contributed by atoms with E-state index in [-0.39, 0.29) is 0 Å². The highest BCUT2D eigenvalue weighted by Crippen LogP contribution is 2.40. The molecular weight excluding hydrogens is 550 g/mol. The minimum Gasteiger partial charge on any atom is -0.456 e. The van der Waals surface area contributed by atoms with Gasteiger partial charge in [-0.25, -0.2) is 15.0 Å². The molecule has 0 radical (unpaired) electrons. The van der Waals surface area contributed by atoms with Crippen LogP contribution in [0.2, 0.25) is 0 Å². The quantitative estimate of drug-likeness (QED) is 0.208. The number of benzene rings is 6. The Labute approximate surface area is 261 Å². The van der Waals surface area contributed by atoms with Gasteiger partial charge in [-0.15, -0.1) is 0 Å². The Morgan fingerprint density at radius 3 is 2.04 bits per heavy atom. The van der Waals surface area contributed by atoms with Crippen LogP contribution >= 0.6 is 0 Å². The van der Waals surface area contributed by atoms with E-state index < -0.39 is 0 Å². The second-order valence-corrected chi connectivity index (χ2v) is 11.8. The lowest BCUT2D eigenvalue weighted by molar-refractivity contribution is 0.669. The molecule has 4 nitrogen and oxygen atoms in total. The predicted molar refractivity (Wildman–Crippen MR) is 183 cm³/mol. The number of nitrogens with zero attached hydrogens (tertiary/aromatic N) is 3. The highest BCUT2D eigenvalue weighted by atomic mass is 16.3. The van der Waals surface area contributed by atoms with Crippen LogP contribution in [-0.4, -0.2) is 15.0 Å². The maximum Gasteiger partial charge on any atom is 0.164 e. The van der Waals surface area contributed by atoms with Crippen molar-refractivity contribution in [2.75, 3.05) is 0 Å². The first kappa shape index (κ1) is 25.8. The van der Waals surface area contributed by atoms with Crippen LogP contribution in [0.5, 0.6) is 0 Å². The van der Waals surface area contributed by atoms with Crippen LogP contribution in [0.1, 0.15) is 24.0 Å². The van der Waals surface area contributed by atoms with Gasteiger partial charge in [-0.05, 0) is 83.0 Å². The summed E-state index contributed by atoms with van der Waals surface area (Å²) in [7, 11) is 0. The van der Waals surface area contributed by atoms with E-state index in [1.165, 1.54) is 45.9 Å². The SMILES string of the molecule is c1ccc(-c2nc(-c3cc4c(c(-c5cccc6ccccc56)c3)CCCC4)nc(-c3cccc4oc5ccccc5c34)n2)cc1. The second-order valence-electron chi connectivity index (χ2n) is 11.8. The van der Waals surface area contributed by atoms with Crippen molar-refractivity contribution in [1.29, 1.82) is 0 Å². The smallest absolute Gasteiger partial charge is 0.164 e. The summed E-state index contributed by atoms with van der Waals surface area (Å²) in [5.74, 6) is 1.98. The molecule has 4 heteroatoms. The van der Waals surface area contributed by atoms with Gasteiger partial charge in [0.25, 0.3) is 0 Å². The Hall–Kier alpha value is -5.61. The molecule has 1 aliphatic carbocycles. The van der Waals surface area contributed by atoms with Crippen LogP contribution in [0.15, 0.2) is 132 Å². The van der Waals surface area contributed by atoms with Crippen LogP contribution in [0.3, 0.4) is 0 Å². The molecule has 2 heterocycles. The lowest BCUT2D eigenvalue weighted by Gasteiger charge is -2.22. The van der Waals surface area contributed by atoms with Gasteiger partial charge in [0.1, 0.15) is 11.2 Å². The van der Waals surface area contributed by atoms with E-state index in [1.54, 1.807) is 0 Å². The van der Waals surface area contributed by atoms with Gasteiger partial charge in [-0.2, -0.15) is 0 Å². The van der Waals surface area contributed by atoms with Crippen molar-refractivity contribution in [3.8, 4) is 45.3 Å². The van der Waals surface area contributed by atoms with Crippen molar-refractivity contribution in [1.82, 2.24) is 15.0 Å². The molecule has 0 unspecified atom stereocenters. The highest BCUT2D eigenvalue weighted by Gasteiger charge is 2.21. The molecule has 0 amide bonds. The Kier molecular flexibility index (Phi) is 6.05. The molecule has 0 saturated heterocycles. The first-order valence-corrected chi connectivity index (χ1v) is 15.7. The van der Waals surface area contributed by atoms with Crippen LogP contribution in [0, 0.1) is 0 Å². The van der Waals surface area contributed by atoms with Crippen LogP contribution < -0.4 is 0 Å². The topological polar surface area (TPSA) is 51.8 Å². The summed E-state index contributed by atoms with van der Waals surface area (Å²) in [4.78, 5) is 15.4. The number of hydrogen-bond donors (Lipinski definition) is 0. The molecule has 45 heavy (non-hydrogen) atoms. The molecule has 0 fully saturated rings. The molecule has 0 spiro atoms. The Morgan fingerprint density at radius 1 is 0.467 bits per heavy atom. The number of hydrogen-bond acceptors (Lipinski definition) is 4. The minimum absolute atomic E-state index is 0.639. The number of para-hydroxylation sites is 1. The fourth-order valence-corrected chi connectivity index (χ4v) is 7.00. The molecule has 1 aliphatic rings. The van der Waals surface area contributed by atoms with Crippen molar-refractivity contribution in [3.05, 3.63) is 139 Å². The standard InChI is InChI=1S/C41H29N3O/c1-2-13-27(14-3-1)39-42-40(44-41(43-39)34-21-11-23-37-38(34)33-19-8-9-22-36(33)45-37)29-24-28-15-5-7-18-31(28)35(25-29)32-20-10-16-26-12-4-6-17-30(26)32/h1-4,6,8-14,16-17,19-25H,5,7,15,18H2. The lowest BCUT2D eigenvalue weighted by Crippen LogP contribution is -2.07. The van der Waals surface area contributed by atoms with Gasteiger partial charge >= 0.3 is 0 Å². The molecule has 6 aromatic carbocycles. The molecule has 0 N–H and O–H groups in total. The van der Waals surface area contributed by atoms with Gasteiger partial charge in [0.15, 0.2) is 17.5 Å². The maximum absolute atomic E-state index is 6.24. The lowest BCUT2D eigenvalue weighted by atomic mass is 9.83. The molecular formula is C41H29N3O. The third kappa shape index (κ3) is 4.41. The average molecular weight is 580 g/mol. The number of aromatic nitrogens is 3. The van der Waals surface area contributed by atoms with E-state index in [9.17, 15) is 0 Å². The maximum atomic E-state index is 6.24. The highest BCUT2D eigenvalue weighted by molar-refractivity contribution is 6.11. The minimum atomic E-state index is 0.639. The third-order valence-corrected chi connectivity index (χ3v) is 9.11. The average Bonchev–Trinajstić information content (AvgIpc) is 3.50. The summed E-state index contributed by atoms with van der Waals surface area (Å²) < 4.78 is 6.24. The molecule has 8 aromatic rings. The summed E-state index contributed by atoms with van der Waals surface area (Å²) >= 11 is 0. The van der Waals surface area contributed by atoms with Gasteiger partial charge in [0, 0.05) is 27.5 Å². The fraction of sp³-hybridized carbons (Fsp3) is 0.0976. The number of aryl methyl sites for hydroxylation is 1. The number of furan rings is 1. The van der Waals surface area contributed by atoms with E-state index in [1.807, 2.05) is 48.5 Å². The van der Waals surface area contributed by atoms with Gasteiger partial charge in [-0.3, -0.25) is 0 Å². The predicted octanol–water partition coefficient (Wildman–Crippen LogP) is 10.5. The molecule has 0 atom stereocenters. The normalized spacial score (nSPS) is 13.0. The largest absolute Gasteiger partial charge is 0.456 e. The zero-order valence-electron chi connectivity index (χ0n) is 24.7. The molecule has 0 bridgehead atoms. The zero-order valence-corrected chi connectivity index (χ0v) is 24.7. The molecule has 214 valence electrons. The Bertz CT molecular complexity index is 2380. The van der Waals surface area contributed by atoms with E-state index in [2.05, 4.69) is 78.9 Å². The first-order chi connectivity index (χ1) is 22.3. The van der Waals surface area contributed by atoms with Crippen LogP contribution in [0.4, 0.5) is 0 Å². The van der Waals surface area contributed by atoms with Crippen molar-refractivity contribution in [3.63, 3.8) is 0 Å². The Morgan fingerprint density at radius 2 is 1.13 bits per heavy atom. The van der Waals surface area contributed by atoms with Crippen molar-refractivity contribution < 1.29 is 4.42 Å². The van der Waals surface area contributed by atoms with Gasteiger partial charge in [-0.1, -0.05) is 103 Å². The fourth-order valence-electron chi connectivity index (χ4n) is 7.00. The van der Waals surface area contributed by atoms with Gasteiger partial charge in [0.2, 0.25) is 0 Å². The molecule has 9 rings (SSSR count). The van der Waals surface area contributed by atoms with Gasteiger partial charge in [0.05, 0.1) is 0 Å². The summed E-state index contributed by atoms with van der Waals surface area (Å²) in [6.07, 6.45) is 4.55. The summed E-state index contributed by atoms with van der Waals surface area (Å²) in [6, 6.07) is 44.4. The van der Waals surface area contributed by atoms with Crippen molar-refractivity contribution in [2.24, 2.45) is 0 Å². The zero-order chi connectivity index (χ0) is 29.7. The van der Waals surface area contributed by atoms with E-state index in [4.69, 9.17) is 19.4 Å². The summed E-state index contributed by atoms with van der Waals surface area (Å²) in [6.45, 7) is 0. The second kappa shape index (κ2) is 10.5. The van der Waals surface area contributed by atoms with E-state index in [0.29, 0.717) is 17.5 Å². The molecule has 0 aliphatic heterocycles.